The molecule has 0 heterocycles. The Labute approximate surface area is 317 Å². The van der Waals surface area contributed by atoms with E-state index in [9.17, 15) is 0 Å². The van der Waals surface area contributed by atoms with Crippen LogP contribution in [-0.4, -0.2) is 0 Å². The van der Waals surface area contributed by atoms with Gasteiger partial charge in [-0.05, 0) is 144 Å². The van der Waals surface area contributed by atoms with E-state index < -0.39 is 0 Å². The number of nitrogen functional groups attached to an aromatic ring is 2. The normalized spacial score (nSPS) is 11.5. The fourth-order valence-electron chi connectivity index (χ4n) is 6.28. The van der Waals surface area contributed by atoms with E-state index in [1.807, 2.05) is 121 Å². The molecule has 7 aromatic carbocycles. The number of benzene rings is 7. The first-order valence-electron chi connectivity index (χ1n) is 18.0. The van der Waals surface area contributed by atoms with Gasteiger partial charge >= 0.3 is 0 Å². The second-order valence-corrected chi connectivity index (χ2v) is 14.4. The summed E-state index contributed by atoms with van der Waals surface area (Å²) in [6, 6.07) is 55.4. The van der Waals surface area contributed by atoms with Gasteiger partial charge in [0.2, 0.25) is 0 Å². The first-order valence-corrected chi connectivity index (χ1v) is 18.0. The Hall–Kier alpha value is -6.66. The second kappa shape index (κ2) is 15.1. The summed E-state index contributed by atoms with van der Waals surface area (Å²) in [6.45, 7) is 9.01. The van der Waals surface area contributed by atoms with Gasteiger partial charge in [-0.25, -0.2) is 0 Å². The van der Waals surface area contributed by atoms with Crippen LogP contribution in [0.3, 0.4) is 0 Å². The molecule has 0 fully saturated rings. The van der Waals surface area contributed by atoms with E-state index >= 15 is 0 Å². The fourth-order valence-corrected chi connectivity index (χ4v) is 6.28. The van der Waals surface area contributed by atoms with Crippen LogP contribution in [0.1, 0.15) is 49.9 Å². The van der Waals surface area contributed by atoms with Crippen molar-refractivity contribution in [3.63, 3.8) is 0 Å². The Morgan fingerprint density at radius 1 is 0.259 bits per heavy atom. The highest BCUT2D eigenvalue weighted by Crippen LogP contribution is 2.38. The molecule has 4 N–H and O–H groups in total. The van der Waals surface area contributed by atoms with E-state index in [-0.39, 0.29) is 10.8 Å². The first-order chi connectivity index (χ1) is 26.0. The van der Waals surface area contributed by atoms with Gasteiger partial charge < -0.3 is 30.4 Å². The Bertz CT molecular complexity index is 2110. The number of anilines is 2. The minimum Gasteiger partial charge on any atom is -0.457 e. The number of rotatable bonds is 12. The third-order valence-corrected chi connectivity index (χ3v) is 9.83. The maximum Gasteiger partial charge on any atom is 0.127 e. The van der Waals surface area contributed by atoms with Crippen molar-refractivity contribution in [2.45, 2.75) is 38.5 Å². The molecule has 7 aromatic rings. The van der Waals surface area contributed by atoms with Gasteiger partial charge in [-0.1, -0.05) is 76.2 Å². The second-order valence-electron chi connectivity index (χ2n) is 14.4. The highest BCUT2D eigenvalue weighted by Gasteiger charge is 2.27. The smallest absolute Gasteiger partial charge is 0.127 e. The number of hydrogen-bond acceptors (Lipinski definition) is 6. The molecule has 0 unspecified atom stereocenters. The number of hydrogen-bond donors (Lipinski definition) is 2. The SMILES string of the molecule is CC(C)(c1ccc(Oc2ccc(Oc3ccc(N)cc3)cc2)cc1)c1ccc(C(C)(C)c2ccc(Oc3ccc(Oc4ccc(N)cc4)cc3)cc2)cc1. The summed E-state index contributed by atoms with van der Waals surface area (Å²) in [5.41, 5.74) is 17.4. The van der Waals surface area contributed by atoms with Gasteiger partial charge in [0.15, 0.2) is 0 Å². The highest BCUT2D eigenvalue weighted by molar-refractivity contribution is 5.48. The summed E-state index contributed by atoms with van der Waals surface area (Å²) in [5.74, 6) is 5.92. The lowest BCUT2D eigenvalue weighted by Gasteiger charge is -2.29. The molecule has 6 heteroatoms. The van der Waals surface area contributed by atoms with E-state index in [4.69, 9.17) is 30.4 Å². The van der Waals surface area contributed by atoms with Gasteiger partial charge in [0.1, 0.15) is 46.0 Å². The van der Waals surface area contributed by atoms with Crippen molar-refractivity contribution in [3.05, 3.63) is 192 Å². The van der Waals surface area contributed by atoms with Gasteiger partial charge in [0.05, 0.1) is 0 Å². The maximum absolute atomic E-state index is 6.14. The predicted octanol–water partition coefficient (Wildman–Crippen LogP) is 12.7. The molecule has 0 aliphatic heterocycles. The number of ether oxygens (including phenoxy) is 4. The zero-order chi connectivity index (χ0) is 37.7. The maximum atomic E-state index is 6.14. The van der Waals surface area contributed by atoms with Crippen molar-refractivity contribution >= 4 is 11.4 Å². The Balaban J connectivity index is 0.952. The molecule has 0 amide bonds. The summed E-state index contributed by atoms with van der Waals surface area (Å²) in [7, 11) is 0. The van der Waals surface area contributed by atoms with E-state index in [1.165, 1.54) is 22.3 Å². The molecule has 0 aliphatic rings. The van der Waals surface area contributed by atoms with Gasteiger partial charge in [0.25, 0.3) is 0 Å². The molecule has 0 saturated carbocycles. The largest absolute Gasteiger partial charge is 0.457 e. The van der Waals surface area contributed by atoms with Gasteiger partial charge in [0, 0.05) is 22.2 Å². The van der Waals surface area contributed by atoms with Crippen LogP contribution in [0.2, 0.25) is 0 Å². The molecule has 0 bridgehead atoms. The van der Waals surface area contributed by atoms with Crippen molar-refractivity contribution in [3.8, 4) is 46.0 Å². The lowest BCUT2D eigenvalue weighted by Crippen LogP contribution is -2.21. The third kappa shape index (κ3) is 8.35. The molecule has 0 saturated heterocycles. The summed E-state index contributed by atoms with van der Waals surface area (Å²) < 4.78 is 24.1. The van der Waals surface area contributed by atoms with Crippen LogP contribution >= 0.6 is 0 Å². The standard InChI is InChI=1S/C48H44N2O4/c1-47(2,35-9-17-39(18-10-35)51-43-25-29-45(30-26-43)53-41-21-13-37(49)14-22-41)33-5-7-34(8-6-33)48(3,4)36-11-19-40(20-12-36)52-44-27-31-46(32-28-44)54-42-23-15-38(50)16-24-42/h5-32H,49-50H2,1-4H3. The van der Waals surface area contributed by atoms with Crippen molar-refractivity contribution in [1.29, 1.82) is 0 Å². The summed E-state index contributed by atoms with van der Waals surface area (Å²) >= 11 is 0. The van der Waals surface area contributed by atoms with Crippen molar-refractivity contribution in [2.24, 2.45) is 0 Å². The summed E-state index contributed by atoms with van der Waals surface area (Å²) in [4.78, 5) is 0. The molecule has 0 aliphatic carbocycles. The fraction of sp³-hybridized carbons (Fsp3) is 0.125. The topological polar surface area (TPSA) is 89.0 Å². The molecule has 0 radical (unpaired) electrons. The average Bonchev–Trinajstić information content (AvgIpc) is 3.19. The first kappa shape index (κ1) is 35.7. The van der Waals surface area contributed by atoms with Crippen LogP contribution in [0, 0.1) is 0 Å². The lowest BCUT2D eigenvalue weighted by atomic mass is 9.74. The molecule has 270 valence electrons. The van der Waals surface area contributed by atoms with Crippen LogP contribution in [0.5, 0.6) is 46.0 Å². The molecule has 6 nitrogen and oxygen atoms in total. The van der Waals surface area contributed by atoms with Crippen molar-refractivity contribution in [1.82, 2.24) is 0 Å². The minimum atomic E-state index is -0.207. The minimum absolute atomic E-state index is 0.207. The van der Waals surface area contributed by atoms with Crippen LogP contribution in [0.4, 0.5) is 11.4 Å². The summed E-state index contributed by atoms with van der Waals surface area (Å²) in [5, 5.41) is 0. The highest BCUT2D eigenvalue weighted by atomic mass is 16.5. The Morgan fingerprint density at radius 3 is 0.611 bits per heavy atom. The Kier molecular flexibility index (Phi) is 10.0. The van der Waals surface area contributed by atoms with Gasteiger partial charge in [-0.15, -0.1) is 0 Å². The van der Waals surface area contributed by atoms with Gasteiger partial charge in [-0.3, -0.25) is 0 Å². The third-order valence-electron chi connectivity index (χ3n) is 9.83. The predicted molar refractivity (Wildman–Crippen MR) is 218 cm³/mol. The zero-order valence-corrected chi connectivity index (χ0v) is 31.0. The molecule has 0 spiro atoms. The van der Waals surface area contributed by atoms with E-state index in [2.05, 4.69) is 76.2 Å². The average molecular weight is 713 g/mol. The van der Waals surface area contributed by atoms with Gasteiger partial charge in [-0.2, -0.15) is 0 Å². The molecule has 0 atom stereocenters. The van der Waals surface area contributed by atoms with Crippen LogP contribution in [-0.2, 0) is 10.8 Å². The quantitative estimate of drug-likeness (QED) is 0.123. The molecule has 7 rings (SSSR count). The molecular weight excluding hydrogens is 669 g/mol. The lowest BCUT2D eigenvalue weighted by molar-refractivity contribution is 0.469. The van der Waals surface area contributed by atoms with E-state index in [0.29, 0.717) is 11.4 Å². The van der Waals surface area contributed by atoms with Crippen LogP contribution < -0.4 is 30.4 Å². The van der Waals surface area contributed by atoms with Crippen molar-refractivity contribution in [2.75, 3.05) is 11.5 Å². The monoisotopic (exact) mass is 712 g/mol. The van der Waals surface area contributed by atoms with Crippen molar-refractivity contribution < 1.29 is 18.9 Å². The van der Waals surface area contributed by atoms with E-state index in [0.717, 1.165) is 46.0 Å². The van der Waals surface area contributed by atoms with Crippen LogP contribution in [0.15, 0.2) is 170 Å². The molecule has 54 heavy (non-hydrogen) atoms. The zero-order valence-electron chi connectivity index (χ0n) is 31.0. The molecular formula is C48H44N2O4. The molecule has 0 aromatic heterocycles. The Morgan fingerprint density at radius 2 is 0.407 bits per heavy atom. The van der Waals surface area contributed by atoms with Crippen LogP contribution in [0.25, 0.3) is 0 Å². The van der Waals surface area contributed by atoms with E-state index in [1.54, 1.807) is 0 Å². The number of nitrogens with two attached hydrogens (primary N) is 2. The summed E-state index contributed by atoms with van der Waals surface area (Å²) in [6.07, 6.45) is 0.